The lowest BCUT2D eigenvalue weighted by Crippen LogP contribution is -2.40. The number of carbonyl (C=O) groups is 1. The summed E-state index contributed by atoms with van der Waals surface area (Å²) in [6.07, 6.45) is 1.36. The van der Waals surface area contributed by atoms with Crippen molar-refractivity contribution in [3.05, 3.63) is 126 Å². The number of hydrogen-bond acceptors (Lipinski definition) is 10. The second-order valence-corrected chi connectivity index (χ2v) is 14.1. The summed E-state index contributed by atoms with van der Waals surface area (Å²) in [6, 6.07) is 22.0. The molecule has 0 aliphatic rings. The van der Waals surface area contributed by atoms with Crippen molar-refractivity contribution in [2.75, 3.05) is 24.9 Å². The van der Waals surface area contributed by atoms with E-state index in [1.807, 2.05) is 0 Å². The van der Waals surface area contributed by atoms with Crippen molar-refractivity contribution < 1.29 is 36.7 Å². The number of methoxy groups -OCH3 is 1. The highest BCUT2D eigenvalue weighted by atomic mass is 32.2. The van der Waals surface area contributed by atoms with Gasteiger partial charge in [-0.2, -0.15) is 4.98 Å². The first-order chi connectivity index (χ1) is 23.8. The predicted octanol–water partition coefficient (Wildman–Crippen LogP) is 6.32. The first-order valence-corrected chi connectivity index (χ1v) is 17.2. The monoisotopic (exact) mass is 703 g/mol. The Balaban J connectivity index is 1.21. The fraction of sp³-hybridized carbons (Fsp3) is 0.278. The number of aliphatic hydroxyl groups excluding tert-OH is 1. The molecule has 3 aromatic carbocycles. The molecular weight excluding hydrogens is 665 g/mol. The molecule has 0 aliphatic carbocycles. The number of nitrogens with one attached hydrogen (secondary N) is 1. The maximum atomic E-state index is 13.4. The first kappa shape index (κ1) is 36.1. The van der Waals surface area contributed by atoms with E-state index in [4.69, 9.17) is 14.0 Å². The minimum absolute atomic E-state index is 0.00876. The van der Waals surface area contributed by atoms with Crippen LogP contribution in [0.5, 0.6) is 0 Å². The molecule has 0 spiro atoms. The lowest BCUT2D eigenvalue weighted by Gasteiger charge is -2.29. The van der Waals surface area contributed by atoms with Gasteiger partial charge in [-0.15, -0.1) is 0 Å². The Labute approximate surface area is 289 Å². The minimum atomic E-state index is -3.94. The van der Waals surface area contributed by atoms with E-state index < -0.39 is 33.9 Å². The van der Waals surface area contributed by atoms with Crippen molar-refractivity contribution >= 4 is 21.8 Å². The maximum Gasteiger partial charge on any atom is 0.410 e. The largest absolute Gasteiger partial charge is 0.444 e. The van der Waals surface area contributed by atoms with Crippen molar-refractivity contribution in [1.29, 1.82) is 0 Å². The van der Waals surface area contributed by atoms with Gasteiger partial charge in [0.1, 0.15) is 11.4 Å². The van der Waals surface area contributed by atoms with E-state index in [9.17, 15) is 22.7 Å². The third-order valence-corrected chi connectivity index (χ3v) is 8.89. The molecule has 0 bridgehead atoms. The number of carbonyl (C=O) groups excluding carboxylic acids is 1. The predicted molar refractivity (Wildman–Crippen MR) is 183 cm³/mol. The molecule has 14 heteroatoms. The lowest BCUT2D eigenvalue weighted by molar-refractivity contribution is 0.0146. The van der Waals surface area contributed by atoms with Gasteiger partial charge in [-0.05, 0) is 92.9 Å². The third kappa shape index (κ3) is 9.49. The van der Waals surface area contributed by atoms with Gasteiger partial charge in [-0.25, -0.2) is 17.6 Å². The molecule has 2 atom stereocenters. The van der Waals surface area contributed by atoms with Crippen LogP contribution in [0.2, 0.25) is 0 Å². The molecule has 5 rings (SSSR count). The van der Waals surface area contributed by atoms with Crippen molar-refractivity contribution in [3.8, 4) is 11.4 Å². The van der Waals surface area contributed by atoms with Gasteiger partial charge in [0.05, 0.1) is 17.5 Å². The van der Waals surface area contributed by atoms with Crippen LogP contribution in [0.25, 0.3) is 11.4 Å². The Morgan fingerprint density at radius 2 is 1.70 bits per heavy atom. The average Bonchev–Trinajstić information content (AvgIpc) is 3.58. The highest BCUT2D eigenvalue weighted by Crippen LogP contribution is 2.27. The van der Waals surface area contributed by atoms with Crippen LogP contribution < -0.4 is 4.72 Å². The van der Waals surface area contributed by atoms with Gasteiger partial charge in [0.25, 0.3) is 15.9 Å². The lowest BCUT2D eigenvalue weighted by atomic mass is 10.1. The summed E-state index contributed by atoms with van der Waals surface area (Å²) >= 11 is 0. The number of anilines is 1. The van der Waals surface area contributed by atoms with Crippen LogP contribution in [0.1, 0.15) is 55.6 Å². The molecule has 0 saturated heterocycles. The van der Waals surface area contributed by atoms with Crippen LogP contribution in [-0.2, 0) is 25.9 Å². The average molecular weight is 704 g/mol. The number of halogens is 1. The Bertz CT molecular complexity index is 1970. The first-order valence-electron chi connectivity index (χ1n) is 15.7. The Kier molecular flexibility index (Phi) is 11.2. The van der Waals surface area contributed by atoms with E-state index in [0.717, 1.165) is 5.56 Å². The second-order valence-electron chi connectivity index (χ2n) is 12.4. The molecule has 12 nitrogen and oxygen atoms in total. The minimum Gasteiger partial charge on any atom is -0.444 e. The number of sulfonamides is 1. The summed E-state index contributed by atoms with van der Waals surface area (Å²) in [7, 11) is -2.47. The van der Waals surface area contributed by atoms with Crippen LogP contribution >= 0.6 is 0 Å². The Morgan fingerprint density at radius 3 is 2.32 bits per heavy atom. The smallest absolute Gasteiger partial charge is 0.410 e. The summed E-state index contributed by atoms with van der Waals surface area (Å²) < 4.78 is 58.7. The third-order valence-electron chi connectivity index (χ3n) is 7.49. The van der Waals surface area contributed by atoms with Gasteiger partial charge in [0.15, 0.2) is 6.10 Å². The number of aromatic nitrogens is 3. The number of rotatable bonds is 13. The van der Waals surface area contributed by atoms with Crippen molar-refractivity contribution in [3.63, 3.8) is 0 Å². The number of benzene rings is 3. The molecule has 2 aromatic heterocycles. The number of nitrogens with zero attached hydrogens (tertiary/aromatic N) is 4. The second kappa shape index (κ2) is 15.6. The zero-order chi connectivity index (χ0) is 35.9. The molecule has 1 unspecified atom stereocenters. The zero-order valence-corrected chi connectivity index (χ0v) is 28.8. The summed E-state index contributed by atoms with van der Waals surface area (Å²) in [5, 5.41) is 14.7. The van der Waals surface area contributed by atoms with Crippen LogP contribution in [0, 0.1) is 5.82 Å². The number of pyridine rings is 1. The molecule has 0 radical (unpaired) electrons. The summed E-state index contributed by atoms with van der Waals surface area (Å²) in [5.74, 6) is 0.00942. The van der Waals surface area contributed by atoms with Crippen LogP contribution in [0.15, 0.2) is 107 Å². The maximum absolute atomic E-state index is 13.4. The molecule has 2 N–H and O–H groups in total. The number of amides is 1. The fourth-order valence-corrected chi connectivity index (χ4v) is 6.01. The van der Waals surface area contributed by atoms with Crippen LogP contribution in [0.3, 0.4) is 0 Å². The number of aliphatic hydroxyl groups is 1. The Hall–Kier alpha value is -5.18. The van der Waals surface area contributed by atoms with Gasteiger partial charge in [0, 0.05) is 42.9 Å². The summed E-state index contributed by atoms with van der Waals surface area (Å²) in [4.78, 5) is 22.9. The molecule has 0 aliphatic heterocycles. The van der Waals surface area contributed by atoms with Crippen molar-refractivity contribution in [1.82, 2.24) is 20.0 Å². The molecule has 1 amide bonds. The zero-order valence-electron chi connectivity index (χ0n) is 28.0. The highest BCUT2D eigenvalue weighted by Gasteiger charge is 2.25. The van der Waals surface area contributed by atoms with Gasteiger partial charge in [-0.1, -0.05) is 35.5 Å². The molecule has 5 aromatic rings. The van der Waals surface area contributed by atoms with Gasteiger partial charge in [0.2, 0.25) is 5.82 Å². The highest BCUT2D eigenvalue weighted by molar-refractivity contribution is 7.92. The molecular formula is C36H38FN5O7S. The van der Waals surface area contributed by atoms with E-state index in [2.05, 4.69) is 19.8 Å². The SMILES string of the molecule is CO[C@H](c1ccc(F)cc1)c1nc(-c2ccc(S(=O)(=O)Nc3ccc(CCN(CC(O)c4cccnc4)C(=O)OC(C)(C)C)cc3)cc2)no1. The standard InChI is InChI=1S/C36H38FN5O7S/c1-36(2,3)48-35(44)42(23-31(43)27-6-5-20-38-22-27)21-19-24-7-15-29(16-8-24)41-50(45,46)30-17-11-26(12-18-30)33-39-34(49-40-33)32(47-4)25-9-13-28(37)14-10-25/h5-18,20,22,31-32,41,43H,19,21,23H2,1-4H3/t31?,32-/m1/s1. The van der Waals surface area contributed by atoms with E-state index >= 15 is 0 Å². The quantitative estimate of drug-likeness (QED) is 0.142. The van der Waals surface area contributed by atoms with E-state index in [-0.39, 0.29) is 35.5 Å². The topological polar surface area (TPSA) is 157 Å². The van der Waals surface area contributed by atoms with Crippen LogP contribution in [-0.4, -0.2) is 65.4 Å². The van der Waals surface area contributed by atoms with Crippen molar-refractivity contribution in [2.24, 2.45) is 0 Å². The van der Waals surface area contributed by atoms with Crippen LogP contribution in [0.4, 0.5) is 14.9 Å². The van der Waals surface area contributed by atoms with E-state index in [1.54, 1.807) is 93.8 Å². The van der Waals surface area contributed by atoms with E-state index in [0.29, 0.717) is 28.8 Å². The number of hydrogen-bond donors (Lipinski definition) is 2. The Morgan fingerprint density at radius 1 is 1.00 bits per heavy atom. The molecule has 0 saturated carbocycles. The molecule has 50 heavy (non-hydrogen) atoms. The van der Waals surface area contributed by atoms with Gasteiger partial charge < -0.3 is 24.0 Å². The number of ether oxygens (including phenoxy) is 2. The van der Waals surface area contributed by atoms with Gasteiger partial charge >= 0.3 is 6.09 Å². The summed E-state index contributed by atoms with van der Waals surface area (Å²) in [6.45, 7) is 5.58. The normalized spacial score (nSPS) is 13.0. The molecule has 2 heterocycles. The van der Waals surface area contributed by atoms with E-state index in [1.165, 1.54) is 36.3 Å². The molecule has 0 fully saturated rings. The van der Waals surface area contributed by atoms with Crippen molar-refractivity contribution in [2.45, 2.75) is 49.9 Å². The molecule has 262 valence electrons. The fourth-order valence-electron chi connectivity index (χ4n) is 4.95. The summed E-state index contributed by atoms with van der Waals surface area (Å²) in [5.41, 5.74) is 2.20. The van der Waals surface area contributed by atoms with Gasteiger partial charge in [-0.3, -0.25) is 9.71 Å².